The van der Waals surface area contributed by atoms with Crippen molar-refractivity contribution >= 4 is 12.0 Å². The number of nitrogens with zero attached hydrogens (tertiary/aromatic N) is 2. The fraction of sp³-hybridized carbons (Fsp3) is 0.333. The first-order valence-corrected chi connectivity index (χ1v) is 6.43. The Morgan fingerprint density at radius 2 is 1.81 bits per heavy atom. The summed E-state index contributed by atoms with van der Waals surface area (Å²) in [5.41, 5.74) is 1.55. The van der Waals surface area contributed by atoms with Crippen molar-refractivity contribution in [1.82, 2.24) is 9.80 Å². The highest BCUT2D eigenvalue weighted by Gasteiger charge is 2.38. The summed E-state index contributed by atoms with van der Waals surface area (Å²) in [6.45, 7) is 1.69. The third kappa shape index (κ3) is 2.49. The minimum atomic E-state index is -0.596. The molecule has 1 unspecified atom stereocenters. The minimum absolute atomic E-state index is 0.241. The van der Waals surface area contributed by atoms with Crippen LogP contribution in [0.25, 0.3) is 0 Å². The van der Waals surface area contributed by atoms with Crippen molar-refractivity contribution in [3.05, 3.63) is 46.9 Å². The topological polar surface area (TPSA) is 49.9 Å². The Balaban J connectivity index is 2.60. The SMILES string of the molecule is COC(=O)C1=C(C)N(C)C(=O)N(C)C1c1ccc(F)cc1. The van der Waals surface area contributed by atoms with Crippen LogP contribution in [0.1, 0.15) is 18.5 Å². The number of methoxy groups -OCH3 is 1. The fourth-order valence-corrected chi connectivity index (χ4v) is 2.47. The van der Waals surface area contributed by atoms with Gasteiger partial charge in [0.2, 0.25) is 0 Å². The zero-order valence-electron chi connectivity index (χ0n) is 12.4. The summed E-state index contributed by atoms with van der Waals surface area (Å²) >= 11 is 0. The number of hydrogen-bond acceptors (Lipinski definition) is 3. The van der Waals surface area contributed by atoms with Crippen LogP contribution in [0.4, 0.5) is 9.18 Å². The molecule has 2 rings (SSSR count). The number of hydrogen-bond donors (Lipinski definition) is 0. The molecule has 0 aromatic heterocycles. The lowest BCUT2D eigenvalue weighted by molar-refractivity contribution is -0.137. The maximum atomic E-state index is 13.1. The van der Waals surface area contributed by atoms with Crippen molar-refractivity contribution in [1.29, 1.82) is 0 Å². The van der Waals surface area contributed by atoms with Gasteiger partial charge in [0.1, 0.15) is 5.82 Å². The van der Waals surface area contributed by atoms with Crippen molar-refractivity contribution in [2.45, 2.75) is 13.0 Å². The summed E-state index contributed by atoms with van der Waals surface area (Å²) in [5.74, 6) is -0.881. The average Bonchev–Trinajstić information content (AvgIpc) is 2.49. The van der Waals surface area contributed by atoms with E-state index in [-0.39, 0.29) is 11.8 Å². The standard InChI is InChI=1S/C15H17FN2O3/c1-9-12(14(19)21-4)13(18(3)15(20)17(9)2)10-5-7-11(16)8-6-10/h5-8,13H,1-4H3. The van der Waals surface area contributed by atoms with Crippen molar-refractivity contribution in [2.24, 2.45) is 0 Å². The Morgan fingerprint density at radius 3 is 2.33 bits per heavy atom. The Morgan fingerprint density at radius 1 is 1.24 bits per heavy atom. The number of urea groups is 1. The first-order valence-electron chi connectivity index (χ1n) is 6.43. The Kier molecular flexibility index (Phi) is 3.97. The quantitative estimate of drug-likeness (QED) is 0.786. The molecule has 1 aliphatic heterocycles. The van der Waals surface area contributed by atoms with E-state index in [1.54, 1.807) is 33.2 Å². The van der Waals surface area contributed by atoms with Crippen molar-refractivity contribution in [2.75, 3.05) is 21.2 Å². The molecule has 0 radical (unpaired) electrons. The second-order valence-corrected chi connectivity index (χ2v) is 4.90. The van der Waals surface area contributed by atoms with Gasteiger partial charge in [0, 0.05) is 19.8 Å². The Bertz CT molecular complexity index is 610. The van der Waals surface area contributed by atoms with E-state index in [2.05, 4.69) is 0 Å². The molecule has 5 nitrogen and oxygen atoms in total. The molecule has 0 aliphatic carbocycles. The van der Waals surface area contributed by atoms with E-state index in [0.717, 1.165) is 0 Å². The number of ether oxygens (including phenoxy) is 1. The van der Waals surface area contributed by atoms with Crippen LogP contribution in [0, 0.1) is 5.82 Å². The molecule has 0 bridgehead atoms. The second kappa shape index (κ2) is 5.55. The highest BCUT2D eigenvalue weighted by Crippen LogP contribution is 2.36. The van der Waals surface area contributed by atoms with Crippen LogP contribution in [-0.2, 0) is 9.53 Å². The van der Waals surface area contributed by atoms with E-state index in [4.69, 9.17) is 4.74 Å². The lowest BCUT2D eigenvalue weighted by Crippen LogP contribution is -2.47. The summed E-state index contributed by atoms with van der Waals surface area (Å²) < 4.78 is 17.9. The molecule has 112 valence electrons. The number of benzene rings is 1. The fourth-order valence-electron chi connectivity index (χ4n) is 2.47. The van der Waals surface area contributed by atoms with Crippen molar-refractivity contribution in [3.8, 4) is 0 Å². The van der Waals surface area contributed by atoms with E-state index < -0.39 is 12.0 Å². The molecular formula is C15H17FN2O3. The number of rotatable bonds is 2. The van der Waals surface area contributed by atoms with Crippen LogP contribution in [0.15, 0.2) is 35.5 Å². The predicted octanol–water partition coefficient (Wildman–Crippen LogP) is 2.31. The molecule has 1 atom stereocenters. The molecule has 0 saturated heterocycles. The molecule has 1 aliphatic rings. The highest BCUT2D eigenvalue weighted by molar-refractivity contribution is 5.94. The molecule has 0 fully saturated rings. The van der Waals surface area contributed by atoms with E-state index in [1.807, 2.05) is 0 Å². The van der Waals surface area contributed by atoms with Gasteiger partial charge < -0.3 is 14.5 Å². The molecule has 2 amide bonds. The van der Waals surface area contributed by atoms with Crippen LogP contribution in [0.2, 0.25) is 0 Å². The molecule has 6 heteroatoms. The number of likely N-dealkylation sites (N-methyl/N-ethyl adjacent to an activating group) is 1. The summed E-state index contributed by atoms with van der Waals surface area (Å²) in [6.07, 6.45) is 0. The van der Waals surface area contributed by atoms with Crippen LogP contribution < -0.4 is 0 Å². The summed E-state index contributed by atoms with van der Waals surface area (Å²) in [5, 5.41) is 0. The summed E-state index contributed by atoms with van der Waals surface area (Å²) in [7, 11) is 4.49. The maximum absolute atomic E-state index is 13.1. The third-order valence-corrected chi connectivity index (χ3v) is 3.73. The first-order chi connectivity index (χ1) is 9.88. The molecule has 1 heterocycles. The zero-order chi connectivity index (χ0) is 15.7. The smallest absolute Gasteiger partial charge is 0.337 e. The number of amides is 2. The van der Waals surface area contributed by atoms with E-state index in [9.17, 15) is 14.0 Å². The average molecular weight is 292 g/mol. The monoisotopic (exact) mass is 292 g/mol. The lowest BCUT2D eigenvalue weighted by atomic mass is 9.94. The van der Waals surface area contributed by atoms with Gasteiger partial charge in [-0.25, -0.2) is 14.0 Å². The van der Waals surface area contributed by atoms with Gasteiger partial charge in [0.15, 0.2) is 0 Å². The van der Waals surface area contributed by atoms with Crippen molar-refractivity contribution in [3.63, 3.8) is 0 Å². The molecular weight excluding hydrogens is 275 g/mol. The van der Waals surface area contributed by atoms with Gasteiger partial charge in [-0.1, -0.05) is 12.1 Å². The normalized spacial score (nSPS) is 19.1. The molecule has 1 aromatic rings. The number of carbonyl (C=O) groups excluding carboxylic acids is 2. The van der Waals surface area contributed by atoms with Crippen LogP contribution in [0.5, 0.6) is 0 Å². The molecule has 21 heavy (non-hydrogen) atoms. The van der Waals surface area contributed by atoms with Gasteiger partial charge in [-0.15, -0.1) is 0 Å². The van der Waals surface area contributed by atoms with Gasteiger partial charge >= 0.3 is 12.0 Å². The number of esters is 1. The van der Waals surface area contributed by atoms with Gasteiger partial charge in [0.05, 0.1) is 18.7 Å². The van der Waals surface area contributed by atoms with Gasteiger partial charge in [-0.05, 0) is 24.6 Å². The highest BCUT2D eigenvalue weighted by atomic mass is 19.1. The van der Waals surface area contributed by atoms with E-state index in [1.165, 1.54) is 29.0 Å². The van der Waals surface area contributed by atoms with E-state index >= 15 is 0 Å². The van der Waals surface area contributed by atoms with Gasteiger partial charge in [-0.2, -0.15) is 0 Å². The minimum Gasteiger partial charge on any atom is -0.466 e. The van der Waals surface area contributed by atoms with Crippen molar-refractivity contribution < 1.29 is 18.7 Å². The number of allylic oxidation sites excluding steroid dienone is 1. The third-order valence-electron chi connectivity index (χ3n) is 3.73. The second-order valence-electron chi connectivity index (χ2n) is 4.90. The van der Waals surface area contributed by atoms with Gasteiger partial charge in [0.25, 0.3) is 0 Å². The Labute approximate surface area is 122 Å². The van der Waals surface area contributed by atoms with Crippen LogP contribution in [0.3, 0.4) is 0 Å². The molecule has 1 aromatic carbocycles. The molecule has 0 saturated carbocycles. The van der Waals surface area contributed by atoms with Crippen LogP contribution in [-0.4, -0.2) is 43.0 Å². The largest absolute Gasteiger partial charge is 0.466 e. The summed E-state index contributed by atoms with van der Waals surface area (Å²) in [4.78, 5) is 27.2. The summed E-state index contributed by atoms with van der Waals surface area (Å²) in [6, 6.07) is 4.89. The number of carbonyl (C=O) groups is 2. The zero-order valence-corrected chi connectivity index (χ0v) is 12.4. The number of halogens is 1. The molecule has 0 spiro atoms. The predicted molar refractivity (Wildman–Crippen MR) is 74.8 cm³/mol. The first kappa shape index (κ1) is 15.0. The maximum Gasteiger partial charge on any atom is 0.337 e. The Hall–Kier alpha value is -2.37. The van der Waals surface area contributed by atoms with Gasteiger partial charge in [-0.3, -0.25) is 0 Å². The lowest BCUT2D eigenvalue weighted by Gasteiger charge is -2.39. The van der Waals surface area contributed by atoms with Crippen LogP contribution >= 0.6 is 0 Å². The molecule has 0 N–H and O–H groups in total. The van der Waals surface area contributed by atoms with E-state index in [0.29, 0.717) is 16.8 Å².